The van der Waals surface area contributed by atoms with Crippen LogP contribution >= 0.6 is 11.6 Å². The highest BCUT2D eigenvalue weighted by Gasteiger charge is 2.29. The molecule has 0 fully saturated rings. The van der Waals surface area contributed by atoms with Crippen molar-refractivity contribution in [1.82, 2.24) is 19.9 Å². The first kappa shape index (κ1) is 19.1. The average molecular weight is 414 g/mol. The van der Waals surface area contributed by atoms with E-state index in [9.17, 15) is 9.18 Å². The minimum atomic E-state index is -0.482. The van der Waals surface area contributed by atoms with Crippen LogP contribution in [0.3, 0.4) is 0 Å². The van der Waals surface area contributed by atoms with Crippen LogP contribution in [-0.4, -0.2) is 46.1 Å². The van der Waals surface area contributed by atoms with Crippen LogP contribution in [-0.2, 0) is 0 Å². The van der Waals surface area contributed by atoms with Crippen molar-refractivity contribution in [3.05, 3.63) is 59.3 Å². The maximum atomic E-state index is 14.3. The summed E-state index contributed by atoms with van der Waals surface area (Å²) in [7, 11) is 1.72. The van der Waals surface area contributed by atoms with Gasteiger partial charge in [0.2, 0.25) is 0 Å². The summed E-state index contributed by atoms with van der Waals surface area (Å²) < 4.78 is 20.0. The van der Waals surface area contributed by atoms with Gasteiger partial charge in [0.25, 0.3) is 5.91 Å². The normalized spacial score (nSPS) is 12.5. The molecule has 3 aromatic rings. The molecule has 1 aromatic carbocycles. The Morgan fingerprint density at radius 3 is 2.97 bits per heavy atom. The molecule has 29 heavy (non-hydrogen) atoms. The Morgan fingerprint density at radius 2 is 2.17 bits per heavy atom. The Kier molecular flexibility index (Phi) is 5.02. The van der Waals surface area contributed by atoms with Gasteiger partial charge < -0.3 is 9.64 Å². The number of carbonyl (C=O) groups excluding carboxylic acids is 1. The highest BCUT2D eigenvalue weighted by Crippen LogP contribution is 2.39. The molecule has 4 rings (SSSR count). The minimum Gasteiger partial charge on any atom is -0.467 e. The molecule has 0 atom stereocenters. The van der Waals surface area contributed by atoms with E-state index in [0.717, 1.165) is 0 Å². The second-order valence-corrected chi connectivity index (χ2v) is 6.86. The molecule has 9 heteroatoms. The topological polar surface area (TPSA) is 71.5 Å². The summed E-state index contributed by atoms with van der Waals surface area (Å²) in [6.07, 6.45) is 4.59. The van der Waals surface area contributed by atoms with Gasteiger partial charge in [-0.1, -0.05) is 11.6 Å². The number of aromatic nitrogens is 3. The van der Waals surface area contributed by atoms with E-state index in [1.54, 1.807) is 29.1 Å². The quantitative estimate of drug-likeness (QED) is 0.645. The maximum absolute atomic E-state index is 14.3. The van der Waals surface area contributed by atoms with Gasteiger partial charge in [0, 0.05) is 31.0 Å². The predicted molar refractivity (Wildman–Crippen MR) is 107 cm³/mol. The molecule has 0 unspecified atom stereocenters. The molecule has 148 valence electrons. The largest absolute Gasteiger partial charge is 0.467 e. The fraction of sp³-hybridized carbons (Fsp3) is 0.200. The third-order valence-corrected chi connectivity index (χ3v) is 4.89. The van der Waals surface area contributed by atoms with Crippen molar-refractivity contribution in [1.29, 1.82) is 0 Å². The molecule has 0 spiro atoms. The summed E-state index contributed by atoms with van der Waals surface area (Å²) in [4.78, 5) is 28.9. The summed E-state index contributed by atoms with van der Waals surface area (Å²) in [6.45, 7) is 2.59. The smallest absolute Gasteiger partial charge is 0.257 e. The number of hydrogen-bond donors (Lipinski definition) is 0. The second kappa shape index (κ2) is 7.63. The molecule has 3 heterocycles. The van der Waals surface area contributed by atoms with Crippen LogP contribution in [0, 0.1) is 5.82 Å². The zero-order valence-electron chi connectivity index (χ0n) is 15.8. The number of ether oxygens (including phenoxy) is 1. The van der Waals surface area contributed by atoms with Crippen LogP contribution in [0.2, 0.25) is 5.02 Å². The number of anilines is 2. The van der Waals surface area contributed by atoms with Gasteiger partial charge in [0.1, 0.15) is 5.82 Å². The van der Waals surface area contributed by atoms with Gasteiger partial charge >= 0.3 is 0 Å². The van der Waals surface area contributed by atoms with Crippen molar-refractivity contribution in [3.8, 4) is 17.1 Å². The molecule has 1 aliphatic heterocycles. The number of rotatable bonds is 4. The van der Waals surface area contributed by atoms with Crippen molar-refractivity contribution in [3.63, 3.8) is 0 Å². The molecule has 7 nitrogen and oxygen atoms in total. The molecule has 1 aliphatic rings. The van der Waals surface area contributed by atoms with E-state index in [2.05, 4.69) is 15.0 Å². The van der Waals surface area contributed by atoms with Crippen molar-refractivity contribution in [2.24, 2.45) is 0 Å². The first-order valence-electron chi connectivity index (χ1n) is 8.92. The number of carbonyl (C=O) groups is 1. The molecule has 0 aliphatic carbocycles. The number of nitrogens with zero attached hydrogens (tertiary/aromatic N) is 5. The number of halogens is 2. The van der Waals surface area contributed by atoms with Gasteiger partial charge in [-0.15, -0.1) is 0 Å². The van der Waals surface area contributed by atoms with Gasteiger partial charge in [-0.2, -0.15) is 0 Å². The average Bonchev–Trinajstić information content (AvgIpc) is 3.17. The minimum absolute atomic E-state index is 0.144. The molecular formula is C20H17ClFN5O2. The zero-order chi connectivity index (χ0) is 20.5. The maximum Gasteiger partial charge on any atom is 0.257 e. The van der Waals surface area contributed by atoms with Crippen molar-refractivity contribution >= 4 is 29.0 Å². The van der Waals surface area contributed by atoms with Gasteiger partial charge in [-0.05, 0) is 31.2 Å². The Morgan fingerprint density at radius 1 is 1.34 bits per heavy atom. The third-order valence-electron chi connectivity index (χ3n) is 4.65. The Labute approximate surface area is 171 Å². The van der Waals surface area contributed by atoms with E-state index in [0.29, 0.717) is 34.4 Å². The molecule has 0 radical (unpaired) electrons. The molecule has 1 amide bonds. The first-order chi connectivity index (χ1) is 14.0. The van der Waals surface area contributed by atoms with E-state index >= 15 is 0 Å². The standard InChI is InChI=1S/C20H17ClFN5O2/c1-3-26(2)20(28)14-9-23-7-6-16(14)27-11-29-17-10-24-18(25-19(17)27)13-8-12(21)4-5-15(13)22/h4-10H,3,11H2,1-2H3. The Balaban J connectivity index is 1.79. The fourth-order valence-corrected chi connectivity index (χ4v) is 3.14. The number of amides is 1. The lowest BCUT2D eigenvalue weighted by Crippen LogP contribution is -2.29. The number of fused-ring (bicyclic) bond motifs is 1. The molecule has 2 aromatic heterocycles. The summed E-state index contributed by atoms with van der Waals surface area (Å²) in [5.41, 5.74) is 1.20. The second-order valence-electron chi connectivity index (χ2n) is 6.42. The highest BCUT2D eigenvalue weighted by atomic mass is 35.5. The Hall–Kier alpha value is -3.26. The molecular weight excluding hydrogens is 397 g/mol. The molecule has 0 bridgehead atoms. The van der Waals surface area contributed by atoms with E-state index < -0.39 is 5.82 Å². The van der Waals surface area contributed by atoms with Gasteiger partial charge in [-0.3, -0.25) is 14.7 Å². The molecule has 0 N–H and O–H groups in total. The lowest BCUT2D eigenvalue weighted by molar-refractivity contribution is 0.0802. The van der Waals surface area contributed by atoms with Crippen LogP contribution in [0.1, 0.15) is 17.3 Å². The Bertz CT molecular complexity index is 1090. The van der Waals surface area contributed by atoms with E-state index in [1.807, 2.05) is 6.92 Å². The van der Waals surface area contributed by atoms with Crippen LogP contribution in [0.5, 0.6) is 5.75 Å². The van der Waals surface area contributed by atoms with Crippen molar-refractivity contribution < 1.29 is 13.9 Å². The van der Waals surface area contributed by atoms with Crippen LogP contribution in [0.4, 0.5) is 15.9 Å². The van der Waals surface area contributed by atoms with Crippen LogP contribution in [0.15, 0.2) is 42.9 Å². The van der Waals surface area contributed by atoms with Gasteiger partial charge in [-0.25, -0.2) is 14.4 Å². The summed E-state index contributed by atoms with van der Waals surface area (Å²) in [5, 5.41) is 0.378. The van der Waals surface area contributed by atoms with Gasteiger partial charge in [0.15, 0.2) is 24.1 Å². The fourth-order valence-electron chi connectivity index (χ4n) is 2.97. The van der Waals surface area contributed by atoms with Crippen LogP contribution < -0.4 is 9.64 Å². The SMILES string of the molecule is CCN(C)C(=O)c1cnccc1N1COc2cnc(-c3cc(Cl)ccc3F)nc21. The predicted octanol–water partition coefficient (Wildman–Crippen LogP) is 3.91. The zero-order valence-corrected chi connectivity index (χ0v) is 16.5. The van der Waals surface area contributed by atoms with Crippen molar-refractivity contribution in [2.75, 3.05) is 25.2 Å². The van der Waals surface area contributed by atoms with Crippen LogP contribution in [0.25, 0.3) is 11.4 Å². The number of pyridine rings is 1. The van der Waals surface area contributed by atoms with Crippen molar-refractivity contribution in [2.45, 2.75) is 6.92 Å². The van der Waals surface area contributed by atoms with E-state index in [-0.39, 0.29) is 24.0 Å². The summed E-state index contributed by atoms with van der Waals surface area (Å²) >= 11 is 6.00. The number of benzene rings is 1. The lowest BCUT2D eigenvalue weighted by atomic mass is 10.2. The molecule has 0 saturated heterocycles. The first-order valence-corrected chi connectivity index (χ1v) is 9.29. The molecule has 0 saturated carbocycles. The number of hydrogen-bond acceptors (Lipinski definition) is 6. The lowest BCUT2D eigenvalue weighted by Gasteiger charge is -2.21. The highest BCUT2D eigenvalue weighted by molar-refractivity contribution is 6.30. The van der Waals surface area contributed by atoms with E-state index in [4.69, 9.17) is 16.3 Å². The summed E-state index contributed by atoms with van der Waals surface area (Å²) in [5.74, 6) is 0.402. The van der Waals surface area contributed by atoms with Gasteiger partial charge in [0.05, 0.1) is 23.0 Å². The van der Waals surface area contributed by atoms with E-state index in [1.165, 1.54) is 30.6 Å². The monoisotopic (exact) mass is 413 g/mol. The summed E-state index contributed by atoms with van der Waals surface area (Å²) in [6, 6.07) is 5.91. The third kappa shape index (κ3) is 3.47.